The summed E-state index contributed by atoms with van der Waals surface area (Å²) in [6.07, 6.45) is 3.81. The minimum atomic E-state index is -0.925. The van der Waals surface area contributed by atoms with E-state index in [0.29, 0.717) is 11.5 Å². The first-order chi connectivity index (χ1) is 10.1. The molecular weight excluding hydrogens is 293 g/mol. The molecule has 0 bridgehead atoms. The lowest BCUT2D eigenvalue weighted by Gasteiger charge is -2.15. The van der Waals surface area contributed by atoms with Crippen LogP contribution in [0.25, 0.3) is 0 Å². The third kappa shape index (κ3) is 2.74. The zero-order chi connectivity index (χ0) is 15.0. The van der Waals surface area contributed by atoms with Gasteiger partial charge >= 0.3 is 0 Å². The Morgan fingerprint density at radius 2 is 2.19 bits per heavy atom. The van der Waals surface area contributed by atoms with Crippen LogP contribution in [0.4, 0.5) is 4.39 Å². The Kier molecular flexibility index (Phi) is 3.83. The molecule has 3 rings (SSSR count). The lowest BCUT2D eigenvalue weighted by Crippen LogP contribution is -2.00. The van der Waals surface area contributed by atoms with Crippen LogP contribution in [-0.2, 0) is 12.8 Å². The fraction of sp³-hybridized carbons (Fsp3) is 0.312. The average Bonchev–Trinajstić information content (AvgIpc) is 2.90. The maximum atomic E-state index is 13.5. The van der Waals surface area contributed by atoms with Crippen LogP contribution >= 0.6 is 11.6 Å². The number of ether oxygens (including phenoxy) is 1. The van der Waals surface area contributed by atoms with Crippen molar-refractivity contribution in [2.45, 2.75) is 32.3 Å². The predicted molar refractivity (Wildman–Crippen MR) is 78.4 cm³/mol. The van der Waals surface area contributed by atoms with E-state index in [1.807, 2.05) is 6.07 Å². The summed E-state index contributed by atoms with van der Waals surface area (Å²) in [5.74, 6) is 0.336. The van der Waals surface area contributed by atoms with Crippen LogP contribution in [0.15, 0.2) is 24.4 Å². The molecular formula is C16H15ClFNO2. The van der Waals surface area contributed by atoms with Crippen LogP contribution in [0.3, 0.4) is 0 Å². The van der Waals surface area contributed by atoms with Gasteiger partial charge < -0.3 is 9.84 Å². The van der Waals surface area contributed by atoms with Gasteiger partial charge in [0.05, 0.1) is 17.3 Å². The molecule has 0 aliphatic heterocycles. The zero-order valence-electron chi connectivity index (χ0n) is 11.6. The van der Waals surface area contributed by atoms with Gasteiger partial charge in [-0.25, -0.2) is 4.39 Å². The summed E-state index contributed by atoms with van der Waals surface area (Å²) in [5, 5.41) is 9.68. The number of pyridine rings is 1. The number of rotatable bonds is 3. The van der Waals surface area contributed by atoms with E-state index in [4.69, 9.17) is 16.3 Å². The van der Waals surface area contributed by atoms with Crippen molar-refractivity contribution in [1.29, 1.82) is 0 Å². The van der Waals surface area contributed by atoms with E-state index in [0.717, 1.165) is 25.0 Å². The first kappa shape index (κ1) is 14.3. The quantitative estimate of drug-likeness (QED) is 0.923. The number of aliphatic hydroxyl groups excluding tert-OH is 1. The monoisotopic (exact) mass is 307 g/mol. The van der Waals surface area contributed by atoms with Crippen LogP contribution in [0.5, 0.6) is 11.5 Å². The SMILES string of the molecule is CC(O)c1c(Oc2cnc3c(c2)CCC3)ccc(F)c1Cl. The fourth-order valence-corrected chi connectivity index (χ4v) is 2.93. The molecule has 1 atom stereocenters. The number of hydrogen-bond acceptors (Lipinski definition) is 3. The summed E-state index contributed by atoms with van der Waals surface area (Å²) in [7, 11) is 0. The number of aryl methyl sites for hydroxylation is 2. The Balaban J connectivity index is 1.96. The van der Waals surface area contributed by atoms with Gasteiger partial charge in [0.1, 0.15) is 17.3 Å². The molecule has 0 amide bonds. The van der Waals surface area contributed by atoms with E-state index in [1.54, 1.807) is 6.20 Å². The van der Waals surface area contributed by atoms with Gasteiger partial charge in [0.15, 0.2) is 0 Å². The molecule has 21 heavy (non-hydrogen) atoms. The van der Waals surface area contributed by atoms with Crippen molar-refractivity contribution in [1.82, 2.24) is 4.98 Å². The summed E-state index contributed by atoms with van der Waals surface area (Å²) < 4.78 is 19.3. The summed E-state index contributed by atoms with van der Waals surface area (Å²) in [6, 6.07) is 4.64. The van der Waals surface area contributed by atoms with Crippen molar-refractivity contribution in [2.75, 3.05) is 0 Å². The molecule has 0 spiro atoms. The minimum Gasteiger partial charge on any atom is -0.455 e. The second kappa shape index (κ2) is 5.62. The molecule has 2 aromatic rings. The Morgan fingerprint density at radius 1 is 1.38 bits per heavy atom. The molecule has 0 radical (unpaired) electrons. The lowest BCUT2D eigenvalue weighted by molar-refractivity contribution is 0.195. The number of nitrogens with zero attached hydrogens (tertiary/aromatic N) is 1. The molecule has 0 fully saturated rings. The van der Waals surface area contributed by atoms with E-state index in [9.17, 15) is 9.50 Å². The van der Waals surface area contributed by atoms with Crippen molar-refractivity contribution in [2.24, 2.45) is 0 Å². The number of hydrogen-bond donors (Lipinski definition) is 1. The van der Waals surface area contributed by atoms with E-state index < -0.39 is 11.9 Å². The highest BCUT2D eigenvalue weighted by atomic mass is 35.5. The second-order valence-corrected chi connectivity index (χ2v) is 5.56. The van der Waals surface area contributed by atoms with Crippen LogP contribution in [0.2, 0.25) is 5.02 Å². The third-order valence-electron chi connectivity index (χ3n) is 3.63. The number of fused-ring (bicyclic) bond motifs is 1. The molecule has 3 nitrogen and oxygen atoms in total. The minimum absolute atomic E-state index is 0.114. The van der Waals surface area contributed by atoms with Gasteiger partial charge in [-0.1, -0.05) is 11.6 Å². The molecule has 110 valence electrons. The van der Waals surface area contributed by atoms with Gasteiger partial charge in [0.25, 0.3) is 0 Å². The molecule has 5 heteroatoms. The molecule has 1 heterocycles. The van der Waals surface area contributed by atoms with Gasteiger partial charge in [-0.2, -0.15) is 0 Å². The van der Waals surface area contributed by atoms with Gasteiger partial charge in [-0.3, -0.25) is 4.98 Å². The molecule has 0 saturated carbocycles. The molecule has 1 aliphatic carbocycles. The van der Waals surface area contributed by atoms with Gasteiger partial charge in [-0.15, -0.1) is 0 Å². The van der Waals surface area contributed by atoms with Crippen LogP contribution < -0.4 is 4.74 Å². The molecule has 1 aliphatic rings. The van der Waals surface area contributed by atoms with E-state index in [2.05, 4.69) is 4.98 Å². The molecule has 1 aromatic carbocycles. The Labute approximate surface area is 127 Å². The van der Waals surface area contributed by atoms with Crippen LogP contribution in [-0.4, -0.2) is 10.1 Å². The predicted octanol–water partition coefficient (Wildman–Crippen LogP) is 4.21. The summed E-state index contributed by atoms with van der Waals surface area (Å²) >= 11 is 5.92. The van der Waals surface area contributed by atoms with Crippen molar-refractivity contribution < 1.29 is 14.2 Å². The average molecular weight is 308 g/mol. The third-order valence-corrected chi connectivity index (χ3v) is 4.02. The highest BCUT2D eigenvalue weighted by Crippen LogP contribution is 2.37. The number of aliphatic hydroxyl groups is 1. The maximum absolute atomic E-state index is 13.5. The van der Waals surface area contributed by atoms with Crippen molar-refractivity contribution in [3.63, 3.8) is 0 Å². The number of benzene rings is 1. The van der Waals surface area contributed by atoms with Crippen molar-refractivity contribution in [3.8, 4) is 11.5 Å². The molecule has 1 unspecified atom stereocenters. The van der Waals surface area contributed by atoms with E-state index in [-0.39, 0.29) is 10.6 Å². The standard InChI is InChI=1S/C16H15ClFNO2/c1-9(20)15-14(6-5-12(18)16(15)17)21-11-7-10-3-2-4-13(10)19-8-11/h5-9,20H,2-4H2,1H3. The number of aromatic nitrogens is 1. The van der Waals surface area contributed by atoms with Crippen molar-refractivity contribution in [3.05, 3.63) is 52.1 Å². The molecule has 1 aromatic heterocycles. The second-order valence-electron chi connectivity index (χ2n) is 5.18. The fourth-order valence-electron chi connectivity index (χ4n) is 2.61. The Hall–Kier alpha value is -1.65. The smallest absolute Gasteiger partial charge is 0.146 e. The van der Waals surface area contributed by atoms with Crippen molar-refractivity contribution >= 4 is 11.6 Å². The van der Waals surface area contributed by atoms with E-state index >= 15 is 0 Å². The van der Waals surface area contributed by atoms with Gasteiger partial charge in [-0.05, 0) is 49.9 Å². The normalized spacial score (nSPS) is 14.9. The maximum Gasteiger partial charge on any atom is 0.146 e. The molecule has 1 N–H and O–H groups in total. The lowest BCUT2D eigenvalue weighted by atomic mass is 10.1. The summed E-state index contributed by atoms with van der Waals surface area (Å²) in [4.78, 5) is 4.38. The Morgan fingerprint density at radius 3 is 2.95 bits per heavy atom. The van der Waals surface area contributed by atoms with E-state index in [1.165, 1.54) is 24.6 Å². The first-order valence-corrected chi connectivity index (χ1v) is 7.25. The van der Waals surface area contributed by atoms with Gasteiger partial charge in [0.2, 0.25) is 0 Å². The zero-order valence-corrected chi connectivity index (χ0v) is 12.3. The van der Waals surface area contributed by atoms with Crippen LogP contribution in [0.1, 0.15) is 36.3 Å². The topological polar surface area (TPSA) is 42.4 Å². The Bertz CT molecular complexity index is 688. The summed E-state index contributed by atoms with van der Waals surface area (Å²) in [5.41, 5.74) is 2.53. The summed E-state index contributed by atoms with van der Waals surface area (Å²) in [6.45, 7) is 1.52. The highest BCUT2D eigenvalue weighted by molar-refractivity contribution is 6.31. The number of halogens is 2. The largest absolute Gasteiger partial charge is 0.455 e. The highest BCUT2D eigenvalue weighted by Gasteiger charge is 2.19. The first-order valence-electron chi connectivity index (χ1n) is 6.88. The van der Waals surface area contributed by atoms with Crippen LogP contribution in [0, 0.1) is 5.82 Å². The van der Waals surface area contributed by atoms with Gasteiger partial charge in [0, 0.05) is 11.3 Å². The molecule has 0 saturated heterocycles.